The molecule has 0 bridgehead atoms. The summed E-state index contributed by atoms with van der Waals surface area (Å²) in [7, 11) is 0. The third-order valence-corrected chi connectivity index (χ3v) is 14.9. The van der Waals surface area contributed by atoms with Gasteiger partial charge in [-0.25, -0.2) is 9.80 Å². The second-order valence-electron chi connectivity index (χ2n) is 17.5. The van der Waals surface area contributed by atoms with Gasteiger partial charge in [0, 0.05) is 53.5 Å². The van der Waals surface area contributed by atoms with Gasteiger partial charge in [-0.15, -0.1) is 0 Å². The van der Waals surface area contributed by atoms with Gasteiger partial charge < -0.3 is 0 Å². The second kappa shape index (κ2) is 17.4. The summed E-state index contributed by atoms with van der Waals surface area (Å²) < 4.78 is 1.04. The van der Waals surface area contributed by atoms with Crippen molar-refractivity contribution in [3.8, 4) is 23.7 Å². The van der Waals surface area contributed by atoms with Crippen LogP contribution in [-0.2, 0) is 0 Å². The third-order valence-electron chi connectivity index (χ3n) is 13.6. The van der Waals surface area contributed by atoms with Crippen molar-refractivity contribution >= 4 is 99.9 Å². The van der Waals surface area contributed by atoms with Gasteiger partial charge in [-0.2, -0.15) is 0 Å². The monoisotopic (exact) mass is 1030 g/mol. The predicted octanol–water partition coefficient (Wildman–Crippen LogP) is 14.1. The lowest BCUT2D eigenvalue weighted by Gasteiger charge is -2.23. The molecule has 0 N–H and O–H groups in total. The summed E-state index contributed by atoms with van der Waals surface area (Å²) >= 11 is 7.21. The van der Waals surface area contributed by atoms with E-state index in [4.69, 9.17) is 0 Å². The lowest BCUT2D eigenvalue weighted by molar-refractivity contribution is 0.0910. The van der Waals surface area contributed by atoms with Crippen LogP contribution in [0.3, 0.4) is 0 Å². The average molecular weight is 1030 g/mol. The number of fused-ring (bicyclic) bond motifs is 3. The van der Waals surface area contributed by atoms with Crippen molar-refractivity contribution < 1.29 is 19.2 Å². The van der Waals surface area contributed by atoms with Crippen LogP contribution in [-0.4, -0.2) is 23.6 Å². The summed E-state index contributed by atoms with van der Waals surface area (Å²) in [6, 6.07) is 30.6. The number of carbonyl (C=O) groups is 4. The van der Waals surface area contributed by atoms with Crippen LogP contribution in [0.5, 0.6) is 0 Å². The Bertz CT molecular complexity index is 3500. The maximum atomic E-state index is 14.8. The summed E-state index contributed by atoms with van der Waals surface area (Å²) in [6.45, 7) is 0. The Kier molecular flexibility index (Phi) is 10.7. The first-order chi connectivity index (χ1) is 34.3. The molecule has 0 radical (unpaired) electrons. The molecule has 0 fully saturated rings. The van der Waals surface area contributed by atoms with Gasteiger partial charge in [0.2, 0.25) is 0 Å². The zero-order chi connectivity index (χ0) is 47.6. The van der Waals surface area contributed by atoms with E-state index < -0.39 is 23.6 Å². The molecular formula is C62H36Br2N2O4. The Balaban J connectivity index is 0.900. The number of hydrogen-bond donors (Lipinski definition) is 0. The summed E-state index contributed by atoms with van der Waals surface area (Å²) in [5, 5.41) is 1.67. The van der Waals surface area contributed by atoms with Gasteiger partial charge in [0.05, 0.1) is 33.6 Å². The summed E-state index contributed by atoms with van der Waals surface area (Å²) in [5.41, 5.74) is 12.0. The number of carbonyl (C=O) groups excluding carboxylic acids is 4. The maximum Gasteiger partial charge on any atom is 0.267 e. The minimum atomic E-state index is -0.424. The van der Waals surface area contributed by atoms with Crippen molar-refractivity contribution in [2.75, 3.05) is 9.80 Å². The van der Waals surface area contributed by atoms with Crippen molar-refractivity contribution in [1.29, 1.82) is 0 Å². The first kappa shape index (κ1) is 43.2. The lowest BCUT2D eigenvalue weighted by Crippen LogP contribution is -2.31. The van der Waals surface area contributed by atoms with Crippen LogP contribution < -0.4 is 9.80 Å². The van der Waals surface area contributed by atoms with Gasteiger partial charge in [-0.05, 0) is 127 Å². The number of rotatable bonds is 6. The van der Waals surface area contributed by atoms with E-state index in [1.165, 1.54) is 9.80 Å². The molecule has 6 aromatic carbocycles. The highest BCUT2D eigenvalue weighted by Gasteiger charge is 2.44. The van der Waals surface area contributed by atoms with Crippen molar-refractivity contribution in [3.05, 3.63) is 246 Å². The zero-order valence-corrected chi connectivity index (χ0v) is 40.4. The number of para-hydroxylation sites is 2. The fourth-order valence-corrected chi connectivity index (χ4v) is 11.2. The molecule has 6 nitrogen and oxygen atoms in total. The van der Waals surface area contributed by atoms with E-state index in [0.717, 1.165) is 55.3 Å². The van der Waals surface area contributed by atoms with E-state index in [0.29, 0.717) is 68.3 Å². The Labute approximate surface area is 421 Å². The molecule has 0 unspecified atom stereocenters. The molecule has 0 saturated heterocycles. The Morgan fingerprint density at radius 3 is 1.00 bits per heavy atom. The lowest BCUT2D eigenvalue weighted by atomic mass is 9.94. The number of hydrogen-bond acceptors (Lipinski definition) is 4. The number of amides is 4. The zero-order valence-electron chi connectivity index (χ0n) is 37.3. The smallest absolute Gasteiger partial charge is 0.267 e. The molecule has 4 amide bonds. The average Bonchev–Trinajstić information content (AvgIpc) is 4.26. The number of allylic oxidation sites excluding steroid dienone is 16. The van der Waals surface area contributed by atoms with Crippen molar-refractivity contribution in [2.45, 2.75) is 25.7 Å². The largest absolute Gasteiger partial charge is 0.268 e. The highest BCUT2D eigenvalue weighted by atomic mass is 79.9. The molecule has 8 heteroatoms. The van der Waals surface area contributed by atoms with E-state index in [-0.39, 0.29) is 22.3 Å². The number of imide groups is 2. The van der Waals surface area contributed by atoms with Crippen molar-refractivity contribution in [3.63, 3.8) is 0 Å². The van der Waals surface area contributed by atoms with Crippen LogP contribution in [0.2, 0.25) is 0 Å². The molecule has 332 valence electrons. The predicted molar refractivity (Wildman–Crippen MR) is 286 cm³/mol. The molecule has 0 aromatic heterocycles. The van der Waals surface area contributed by atoms with Gasteiger partial charge in [0.15, 0.2) is 0 Å². The van der Waals surface area contributed by atoms with Crippen LogP contribution in [0, 0.1) is 23.7 Å². The van der Waals surface area contributed by atoms with Crippen molar-refractivity contribution in [2.24, 2.45) is 0 Å². The molecule has 0 atom stereocenters. The van der Waals surface area contributed by atoms with Gasteiger partial charge >= 0.3 is 0 Å². The molecule has 0 saturated carbocycles. The second-order valence-corrected chi connectivity index (χ2v) is 19.2. The number of benzene rings is 6. The molecular weight excluding hydrogens is 996 g/mol. The molecule has 70 heavy (non-hydrogen) atoms. The Morgan fingerprint density at radius 1 is 0.357 bits per heavy atom. The van der Waals surface area contributed by atoms with Crippen molar-refractivity contribution in [1.82, 2.24) is 0 Å². The highest BCUT2D eigenvalue weighted by molar-refractivity contribution is 9.10. The molecule has 6 aromatic rings. The standard InChI is InChI=1S/C62H36Br2N2O4/c63-51-35-33-43(53-55(51)61(69)65(59(53)67)57-47(37-13-1-2-14-37)23-11-24-48(57)38-15-3-4-16-38)31-29-41-27-28-42(46-22-10-9-21-45(41)46)30-32-44-34-36-52(64)56-54(44)60(68)66(62(56)70)58-49(39-17-5-6-18-39)25-12-26-50(58)40-19-7-8-20-40/h1-13,15,17,19,21-28,33-36H,14,16,18,20H2. The Hall–Kier alpha value is -8.14. The minimum absolute atomic E-state index is 0.255. The number of halogens is 2. The van der Waals surface area contributed by atoms with Crippen LogP contribution in [0.1, 0.15) is 112 Å². The molecule has 2 aliphatic heterocycles. The highest BCUT2D eigenvalue weighted by Crippen LogP contribution is 2.46. The number of anilines is 2. The fraction of sp³-hybridized carbons (Fsp3) is 0.0645. The SMILES string of the molecule is O=C1c2c(Br)ccc(C#Cc3ccc(C#Cc4ccc(Br)c5c4C(=O)N(c4c(C6=CC=CC6)cccc4C4=CC=CC4)C5=O)c4ccccc34)c2C(=O)N1c1c(C2=CC=CC2)cccc1C1=CC=CC1. The molecule has 6 aliphatic rings. The molecule has 4 aliphatic carbocycles. The van der Waals surface area contributed by atoms with Crippen LogP contribution in [0.4, 0.5) is 11.4 Å². The van der Waals surface area contributed by atoms with E-state index in [1.807, 2.05) is 121 Å². The number of nitrogens with zero attached hydrogens (tertiary/aromatic N) is 2. The summed E-state index contributed by atoms with van der Waals surface area (Å²) in [5.74, 6) is 11.6. The molecule has 2 heterocycles. The summed E-state index contributed by atoms with van der Waals surface area (Å²) in [4.78, 5) is 61.4. The van der Waals surface area contributed by atoms with Gasteiger partial charge in [-0.1, -0.05) is 157 Å². The van der Waals surface area contributed by atoms with E-state index in [1.54, 1.807) is 24.3 Å². The molecule has 0 spiro atoms. The fourth-order valence-electron chi connectivity index (χ4n) is 10.2. The van der Waals surface area contributed by atoms with Crippen LogP contribution in [0.15, 0.2) is 179 Å². The van der Waals surface area contributed by atoms with E-state index in [9.17, 15) is 19.2 Å². The van der Waals surface area contributed by atoms with Gasteiger partial charge in [0.1, 0.15) is 0 Å². The molecule has 12 rings (SSSR count). The van der Waals surface area contributed by atoms with E-state index in [2.05, 4.69) is 79.8 Å². The summed E-state index contributed by atoms with van der Waals surface area (Å²) in [6.07, 6.45) is 27.2. The minimum Gasteiger partial charge on any atom is -0.268 e. The van der Waals surface area contributed by atoms with Crippen LogP contribution in [0.25, 0.3) is 33.1 Å². The van der Waals surface area contributed by atoms with Gasteiger partial charge in [-0.3, -0.25) is 19.2 Å². The Morgan fingerprint density at radius 2 is 0.671 bits per heavy atom. The van der Waals surface area contributed by atoms with E-state index >= 15 is 0 Å². The first-order valence-electron chi connectivity index (χ1n) is 23.0. The maximum absolute atomic E-state index is 14.8. The quantitative estimate of drug-likeness (QED) is 0.123. The topological polar surface area (TPSA) is 74.8 Å². The normalized spacial score (nSPS) is 16.1. The third kappa shape index (κ3) is 7.02. The first-order valence-corrected chi connectivity index (χ1v) is 24.5. The van der Waals surface area contributed by atoms with Crippen LogP contribution >= 0.6 is 31.9 Å². The van der Waals surface area contributed by atoms with Gasteiger partial charge in [0.25, 0.3) is 23.6 Å².